The maximum atomic E-state index is 12.0. The summed E-state index contributed by atoms with van der Waals surface area (Å²) >= 11 is 5.70. The predicted molar refractivity (Wildman–Crippen MR) is 78.7 cm³/mol. The van der Waals surface area contributed by atoms with Gasteiger partial charge in [-0.25, -0.2) is 0 Å². The molecule has 0 aromatic heterocycles. The van der Waals surface area contributed by atoms with Crippen molar-refractivity contribution in [2.75, 3.05) is 11.9 Å². The lowest BCUT2D eigenvalue weighted by Crippen LogP contribution is -2.11. The van der Waals surface area contributed by atoms with Crippen LogP contribution >= 0.6 is 11.6 Å². The lowest BCUT2D eigenvalue weighted by molar-refractivity contribution is 0.102. The second-order valence-corrected chi connectivity index (χ2v) is 4.48. The number of ether oxygens (including phenoxy) is 1. The summed E-state index contributed by atoms with van der Waals surface area (Å²) in [7, 11) is 0. The zero-order valence-electron chi connectivity index (χ0n) is 10.9. The van der Waals surface area contributed by atoms with Gasteiger partial charge in [-0.2, -0.15) is 0 Å². The van der Waals surface area contributed by atoms with E-state index in [1.165, 1.54) is 12.1 Å². The average molecular weight is 292 g/mol. The zero-order chi connectivity index (χ0) is 14.5. The second kappa shape index (κ2) is 6.30. The van der Waals surface area contributed by atoms with Crippen molar-refractivity contribution >= 4 is 23.2 Å². The molecule has 0 aliphatic heterocycles. The number of rotatable bonds is 4. The van der Waals surface area contributed by atoms with Gasteiger partial charge in [-0.3, -0.25) is 4.79 Å². The van der Waals surface area contributed by atoms with Crippen molar-refractivity contribution in [2.45, 2.75) is 6.92 Å². The van der Waals surface area contributed by atoms with E-state index in [-0.39, 0.29) is 16.7 Å². The molecule has 0 fully saturated rings. The molecule has 0 aliphatic rings. The minimum atomic E-state index is -0.269. The van der Waals surface area contributed by atoms with Crippen LogP contribution in [-0.4, -0.2) is 17.6 Å². The molecule has 20 heavy (non-hydrogen) atoms. The third-order valence-corrected chi connectivity index (χ3v) is 2.95. The maximum absolute atomic E-state index is 12.0. The van der Waals surface area contributed by atoms with Crippen molar-refractivity contribution in [3.63, 3.8) is 0 Å². The minimum Gasteiger partial charge on any atom is -0.506 e. The quantitative estimate of drug-likeness (QED) is 0.903. The van der Waals surface area contributed by atoms with Crippen molar-refractivity contribution < 1.29 is 14.6 Å². The van der Waals surface area contributed by atoms with E-state index in [9.17, 15) is 9.90 Å². The maximum Gasteiger partial charge on any atom is 0.255 e. The number of carbonyl (C=O) groups excluding carboxylic acids is 1. The molecule has 2 N–H and O–H groups in total. The summed E-state index contributed by atoms with van der Waals surface area (Å²) in [4.78, 5) is 12.0. The lowest BCUT2D eigenvalue weighted by atomic mass is 10.2. The molecular formula is C15H14ClNO3. The van der Waals surface area contributed by atoms with Crippen LogP contribution in [-0.2, 0) is 0 Å². The van der Waals surface area contributed by atoms with Gasteiger partial charge in [-0.05, 0) is 43.3 Å². The minimum absolute atomic E-state index is 0.0730. The molecule has 0 aliphatic carbocycles. The molecule has 0 saturated carbocycles. The molecule has 0 spiro atoms. The number of hydrogen-bond acceptors (Lipinski definition) is 3. The first-order valence-corrected chi connectivity index (χ1v) is 6.50. The Morgan fingerprint density at radius 3 is 2.55 bits per heavy atom. The number of phenolic OH excluding ortho intramolecular Hbond substituents is 1. The normalized spacial score (nSPS) is 10.1. The Morgan fingerprint density at radius 1 is 1.25 bits per heavy atom. The highest BCUT2D eigenvalue weighted by molar-refractivity contribution is 6.32. The third kappa shape index (κ3) is 3.42. The van der Waals surface area contributed by atoms with Crippen LogP contribution < -0.4 is 10.1 Å². The Labute approximate surface area is 122 Å². The fourth-order valence-corrected chi connectivity index (χ4v) is 1.78. The third-order valence-electron chi connectivity index (χ3n) is 2.63. The van der Waals surface area contributed by atoms with Gasteiger partial charge in [0.2, 0.25) is 0 Å². The van der Waals surface area contributed by atoms with Gasteiger partial charge in [0.15, 0.2) is 0 Å². The molecule has 0 saturated heterocycles. The van der Waals surface area contributed by atoms with E-state index in [2.05, 4.69) is 5.32 Å². The van der Waals surface area contributed by atoms with Gasteiger partial charge in [-0.15, -0.1) is 0 Å². The summed E-state index contributed by atoms with van der Waals surface area (Å²) in [6.45, 7) is 2.48. The number of nitrogens with one attached hydrogen (secondary N) is 1. The molecule has 104 valence electrons. The summed E-state index contributed by atoms with van der Waals surface area (Å²) in [5, 5.41) is 12.4. The molecule has 0 heterocycles. The van der Waals surface area contributed by atoms with Crippen LogP contribution in [0.4, 0.5) is 5.69 Å². The Morgan fingerprint density at radius 2 is 1.95 bits per heavy atom. The first-order chi connectivity index (χ1) is 9.60. The van der Waals surface area contributed by atoms with Crippen LogP contribution in [0.2, 0.25) is 5.02 Å². The summed E-state index contributed by atoms with van der Waals surface area (Å²) in [5.74, 6) is 0.374. The fourth-order valence-electron chi connectivity index (χ4n) is 1.66. The van der Waals surface area contributed by atoms with Crippen molar-refractivity contribution in [3.8, 4) is 11.5 Å². The number of hydrogen-bond donors (Lipinski definition) is 2. The van der Waals surface area contributed by atoms with E-state index in [1.54, 1.807) is 30.3 Å². The molecular weight excluding hydrogens is 278 g/mol. The Balaban J connectivity index is 2.09. The van der Waals surface area contributed by atoms with Crippen LogP contribution in [0.15, 0.2) is 42.5 Å². The van der Waals surface area contributed by atoms with Crippen LogP contribution in [0, 0.1) is 0 Å². The van der Waals surface area contributed by atoms with Crippen LogP contribution in [0.3, 0.4) is 0 Å². The molecule has 2 rings (SSSR count). The highest BCUT2D eigenvalue weighted by Crippen LogP contribution is 2.26. The second-order valence-electron chi connectivity index (χ2n) is 4.08. The predicted octanol–water partition coefficient (Wildman–Crippen LogP) is 3.70. The number of benzene rings is 2. The van der Waals surface area contributed by atoms with Crippen LogP contribution in [0.5, 0.6) is 11.5 Å². The first kappa shape index (κ1) is 14.2. The smallest absolute Gasteiger partial charge is 0.255 e. The van der Waals surface area contributed by atoms with Gasteiger partial charge in [0, 0.05) is 17.3 Å². The van der Waals surface area contributed by atoms with Crippen molar-refractivity contribution in [3.05, 3.63) is 53.1 Å². The van der Waals surface area contributed by atoms with E-state index < -0.39 is 0 Å². The van der Waals surface area contributed by atoms with Gasteiger partial charge >= 0.3 is 0 Å². The molecule has 5 heteroatoms. The number of aromatic hydroxyl groups is 1. The van der Waals surface area contributed by atoms with E-state index in [4.69, 9.17) is 16.3 Å². The first-order valence-electron chi connectivity index (χ1n) is 6.13. The van der Waals surface area contributed by atoms with Gasteiger partial charge in [0.25, 0.3) is 5.91 Å². The number of halogens is 1. The molecule has 4 nitrogen and oxygen atoms in total. The van der Waals surface area contributed by atoms with E-state index >= 15 is 0 Å². The molecule has 0 radical (unpaired) electrons. The Bertz CT molecular complexity index is 611. The number of anilines is 1. The fraction of sp³-hybridized carbons (Fsp3) is 0.133. The molecule has 2 aromatic carbocycles. The van der Waals surface area contributed by atoms with Crippen molar-refractivity contribution in [1.82, 2.24) is 0 Å². The van der Waals surface area contributed by atoms with Gasteiger partial charge in [-0.1, -0.05) is 11.6 Å². The van der Waals surface area contributed by atoms with E-state index in [1.807, 2.05) is 6.92 Å². The Kier molecular flexibility index (Phi) is 4.48. The van der Waals surface area contributed by atoms with E-state index in [0.717, 1.165) is 0 Å². The largest absolute Gasteiger partial charge is 0.506 e. The lowest BCUT2D eigenvalue weighted by Gasteiger charge is -2.07. The summed E-state index contributed by atoms with van der Waals surface area (Å²) in [6, 6.07) is 11.4. The number of carbonyl (C=O) groups is 1. The summed E-state index contributed by atoms with van der Waals surface area (Å²) in [6.07, 6.45) is 0. The van der Waals surface area contributed by atoms with Crippen LogP contribution in [0.1, 0.15) is 17.3 Å². The summed E-state index contributed by atoms with van der Waals surface area (Å²) in [5.41, 5.74) is 0.980. The molecule has 0 atom stereocenters. The highest BCUT2D eigenvalue weighted by Gasteiger charge is 2.07. The monoisotopic (exact) mass is 291 g/mol. The number of phenols is 1. The van der Waals surface area contributed by atoms with Crippen LogP contribution in [0.25, 0.3) is 0 Å². The number of amides is 1. The van der Waals surface area contributed by atoms with Gasteiger partial charge in [0.1, 0.15) is 11.5 Å². The molecule has 1 amide bonds. The highest BCUT2D eigenvalue weighted by atomic mass is 35.5. The molecule has 0 unspecified atom stereocenters. The zero-order valence-corrected chi connectivity index (χ0v) is 11.6. The standard InChI is InChI=1S/C15H14ClNO3/c1-2-20-12-6-3-10(4-7-12)15(19)17-11-5-8-13(16)14(18)9-11/h3-9,18H,2H2,1H3,(H,17,19). The van der Waals surface area contributed by atoms with Crippen molar-refractivity contribution in [1.29, 1.82) is 0 Å². The summed E-state index contributed by atoms with van der Waals surface area (Å²) < 4.78 is 5.31. The van der Waals surface area contributed by atoms with E-state index in [0.29, 0.717) is 23.6 Å². The average Bonchev–Trinajstić information content (AvgIpc) is 2.44. The van der Waals surface area contributed by atoms with Crippen molar-refractivity contribution in [2.24, 2.45) is 0 Å². The van der Waals surface area contributed by atoms with Gasteiger partial charge < -0.3 is 15.2 Å². The SMILES string of the molecule is CCOc1ccc(C(=O)Nc2ccc(Cl)c(O)c2)cc1. The topological polar surface area (TPSA) is 58.6 Å². The Hall–Kier alpha value is -2.20. The molecule has 2 aromatic rings. The van der Waals surface area contributed by atoms with Gasteiger partial charge in [0.05, 0.1) is 11.6 Å². The molecule has 0 bridgehead atoms.